The highest BCUT2D eigenvalue weighted by Crippen LogP contribution is 2.46. The van der Waals surface area contributed by atoms with E-state index in [1.165, 1.54) is 32.1 Å². The van der Waals surface area contributed by atoms with Gasteiger partial charge in [-0.3, -0.25) is 0 Å². The van der Waals surface area contributed by atoms with Crippen LogP contribution in [-0.2, 0) is 11.8 Å². The van der Waals surface area contributed by atoms with Gasteiger partial charge in [0.2, 0.25) is 5.52 Å². The predicted molar refractivity (Wildman–Crippen MR) is 126 cm³/mol. The third-order valence-corrected chi connectivity index (χ3v) is 7.64. The summed E-state index contributed by atoms with van der Waals surface area (Å²) in [5.74, 6) is 0.301. The zero-order valence-corrected chi connectivity index (χ0v) is 19.1. The van der Waals surface area contributed by atoms with Gasteiger partial charge in [0.05, 0.1) is 27.8 Å². The van der Waals surface area contributed by atoms with Crippen molar-refractivity contribution in [3.05, 3.63) is 71.4 Å². The number of aryl methyl sites for hydroxylation is 1. The van der Waals surface area contributed by atoms with Crippen LogP contribution in [0.2, 0.25) is 0 Å². The van der Waals surface area contributed by atoms with Gasteiger partial charge in [-0.2, -0.15) is 11.8 Å². The van der Waals surface area contributed by atoms with Crippen molar-refractivity contribution in [1.82, 2.24) is 0 Å². The maximum absolute atomic E-state index is 10.8. The highest BCUT2D eigenvalue weighted by Gasteiger charge is 2.25. The van der Waals surface area contributed by atoms with Gasteiger partial charge in [-0.05, 0) is 42.0 Å². The highest BCUT2D eigenvalue weighted by molar-refractivity contribution is 8.03. The van der Waals surface area contributed by atoms with Crippen LogP contribution in [0, 0.1) is 0 Å². The van der Waals surface area contributed by atoms with Crippen LogP contribution >= 0.6 is 23.5 Å². The Morgan fingerprint density at radius 2 is 2.00 bits per heavy atom. The Balaban J connectivity index is 1.54. The molecule has 3 N–H and O–H groups in total. The van der Waals surface area contributed by atoms with Gasteiger partial charge < -0.3 is 20.5 Å². The van der Waals surface area contributed by atoms with Crippen LogP contribution in [0.5, 0.6) is 0 Å². The second-order valence-electron chi connectivity index (χ2n) is 7.55. The number of nitrogens with zero attached hydrogens (tertiary/aromatic N) is 2. The predicted octanol–water partition coefficient (Wildman–Crippen LogP) is 2.06. The van der Waals surface area contributed by atoms with Crippen molar-refractivity contribution in [3.8, 4) is 0 Å². The minimum absolute atomic E-state index is 0.489. The number of rotatable bonds is 8. The van der Waals surface area contributed by atoms with Crippen molar-refractivity contribution in [3.63, 3.8) is 0 Å². The SMILES string of the molecule is C[n+]1ccc(C=C2Sc3ccccc3N2CCCSCC([NH3+])C(=O)[O-])c2ccccc21. The molecule has 0 bridgehead atoms. The molecule has 2 aromatic carbocycles. The van der Waals surface area contributed by atoms with Crippen molar-refractivity contribution < 1.29 is 20.2 Å². The molecule has 1 aliphatic heterocycles. The number of carboxylic acids is 1. The maximum Gasteiger partial charge on any atom is 0.212 e. The molecule has 3 aromatic rings. The molecular formula is C24H26N3O2S2+. The number of fused-ring (bicyclic) bond motifs is 2. The monoisotopic (exact) mass is 452 g/mol. The van der Waals surface area contributed by atoms with Crippen molar-refractivity contribution in [2.75, 3.05) is 23.0 Å². The molecule has 1 aliphatic rings. The van der Waals surface area contributed by atoms with Crippen LogP contribution in [0.25, 0.3) is 17.0 Å². The molecule has 160 valence electrons. The van der Waals surface area contributed by atoms with E-state index in [1.807, 2.05) is 0 Å². The molecule has 0 spiro atoms. The summed E-state index contributed by atoms with van der Waals surface area (Å²) in [6.07, 6.45) is 5.35. The quantitative estimate of drug-likeness (QED) is 0.418. The first kappa shape index (κ1) is 21.7. The van der Waals surface area contributed by atoms with Crippen LogP contribution in [0.15, 0.2) is 70.7 Å². The number of aromatic nitrogens is 1. The number of aliphatic carboxylic acids is 1. The minimum atomic E-state index is -1.08. The van der Waals surface area contributed by atoms with Crippen molar-refractivity contribution >= 4 is 52.2 Å². The number of benzene rings is 2. The summed E-state index contributed by atoms with van der Waals surface area (Å²) < 4.78 is 2.14. The number of thioether (sulfide) groups is 2. The van der Waals surface area contributed by atoms with Crippen molar-refractivity contribution in [2.24, 2.45) is 7.05 Å². The molecular weight excluding hydrogens is 426 g/mol. The van der Waals surface area contributed by atoms with Gasteiger partial charge in [0.1, 0.15) is 13.1 Å². The fourth-order valence-electron chi connectivity index (χ4n) is 3.66. The van der Waals surface area contributed by atoms with Gasteiger partial charge in [-0.15, -0.1) is 0 Å². The molecule has 5 nitrogen and oxygen atoms in total. The van der Waals surface area contributed by atoms with E-state index in [-0.39, 0.29) is 0 Å². The fourth-order valence-corrected chi connectivity index (χ4v) is 5.72. The lowest BCUT2D eigenvalue weighted by Gasteiger charge is -2.20. The topological polar surface area (TPSA) is 74.9 Å². The molecule has 4 rings (SSSR count). The first-order valence-electron chi connectivity index (χ1n) is 10.3. The Hall–Kier alpha value is -2.48. The summed E-state index contributed by atoms with van der Waals surface area (Å²) >= 11 is 3.43. The average molecular weight is 453 g/mol. The number of hydrogen-bond donors (Lipinski definition) is 1. The van der Waals surface area contributed by atoms with Crippen molar-refractivity contribution in [2.45, 2.75) is 17.4 Å². The molecule has 2 heterocycles. The van der Waals surface area contributed by atoms with E-state index in [2.05, 4.69) is 89.1 Å². The number of carbonyl (C=O) groups is 1. The zero-order valence-electron chi connectivity index (χ0n) is 17.5. The van der Waals surface area contributed by atoms with Gasteiger partial charge in [0.25, 0.3) is 0 Å². The molecule has 1 unspecified atom stereocenters. The lowest BCUT2D eigenvalue weighted by Crippen LogP contribution is -2.69. The van der Waals surface area contributed by atoms with Crippen molar-refractivity contribution in [1.29, 1.82) is 0 Å². The first-order valence-corrected chi connectivity index (χ1v) is 12.3. The van der Waals surface area contributed by atoms with E-state index in [9.17, 15) is 9.90 Å². The molecule has 0 radical (unpaired) electrons. The number of hydrogen-bond acceptors (Lipinski definition) is 5. The molecule has 0 saturated carbocycles. The zero-order chi connectivity index (χ0) is 21.8. The smallest absolute Gasteiger partial charge is 0.212 e. The van der Waals surface area contributed by atoms with Crippen LogP contribution in [0.1, 0.15) is 12.0 Å². The molecule has 7 heteroatoms. The van der Waals surface area contributed by atoms with Gasteiger partial charge in [-0.1, -0.05) is 36.0 Å². The molecule has 1 atom stereocenters. The van der Waals surface area contributed by atoms with E-state index < -0.39 is 12.0 Å². The Morgan fingerprint density at radius 3 is 2.84 bits per heavy atom. The number of para-hydroxylation sites is 2. The van der Waals surface area contributed by atoms with Gasteiger partial charge in [0.15, 0.2) is 6.20 Å². The van der Waals surface area contributed by atoms with Crippen LogP contribution in [0.3, 0.4) is 0 Å². The first-order chi connectivity index (χ1) is 15.0. The Labute approximate surface area is 190 Å². The number of carboxylic acid groups (broad SMARTS) is 1. The highest BCUT2D eigenvalue weighted by atomic mass is 32.2. The average Bonchev–Trinajstić information content (AvgIpc) is 3.12. The third kappa shape index (κ3) is 4.89. The van der Waals surface area contributed by atoms with E-state index in [4.69, 9.17) is 0 Å². The number of carbonyl (C=O) groups excluding carboxylic acids is 1. The lowest BCUT2D eigenvalue weighted by molar-refractivity contribution is -0.644. The molecule has 0 amide bonds. The fraction of sp³-hybridized carbons (Fsp3) is 0.250. The number of anilines is 1. The van der Waals surface area contributed by atoms with Gasteiger partial charge in [-0.25, -0.2) is 4.57 Å². The van der Waals surface area contributed by atoms with E-state index >= 15 is 0 Å². The molecule has 31 heavy (non-hydrogen) atoms. The van der Waals surface area contributed by atoms with Crippen LogP contribution in [0.4, 0.5) is 5.69 Å². The second-order valence-corrected chi connectivity index (χ2v) is 9.76. The number of quaternary nitrogens is 1. The summed E-state index contributed by atoms with van der Waals surface area (Å²) in [5, 5.41) is 13.3. The second kappa shape index (κ2) is 9.77. The van der Waals surface area contributed by atoms with Crippen LogP contribution in [-0.4, -0.2) is 30.1 Å². The summed E-state index contributed by atoms with van der Waals surface area (Å²) in [6, 6.07) is 18.5. The standard InChI is InChI=1S/C24H25N3O2S2/c1-26-13-11-17(18-7-2-3-8-20(18)26)15-23-27(21-9-4-5-10-22(21)31-23)12-6-14-30-16-19(25)24(28)29/h2-5,7-11,13,15,19H,6,12,14,16,25H2,1H3/p+1. The Kier molecular flexibility index (Phi) is 6.85. The van der Waals surface area contributed by atoms with E-state index in [0.29, 0.717) is 5.75 Å². The Bertz CT molecular complexity index is 1130. The molecule has 0 aliphatic carbocycles. The summed E-state index contributed by atoms with van der Waals surface area (Å²) in [5.41, 5.74) is 7.27. The number of pyridine rings is 1. The van der Waals surface area contributed by atoms with Crippen LogP contribution < -0.4 is 20.3 Å². The van der Waals surface area contributed by atoms with Gasteiger partial charge >= 0.3 is 0 Å². The minimum Gasteiger partial charge on any atom is -0.544 e. The summed E-state index contributed by atoms with van der Waals surface area (Å²) in [4.78, 5) is 14.5. The lowest BCUT2D eigenvalue weighted by atomic mass is 10.1. The normalized spacial score (nSPS) is 15.4. The van der Waals surface area contributed by atoms with E-state index in [0.717, 1.165) is 18.7 Å². The van der Waals surface area contributed by atoms with E-state index in [1.54, 1.807) is 23.5 Å². The molecule has 0 saturated heterocycles. The maximum atomic E-state index is 10.8. The summed E-state index contributed by atoms with van der Waals surface area (Å²) in [6.45, 7) is 0.883. The summed E-state index contributed by atoms with van der Waals surface area (Å²) in [7, 11) is 2.07. The largest absolute Gasteiger partial charge is 0.544 e. The molecule has 1 aromatic heterocycles. The third-order valence-electron chi connectivity index (χ3n) is 5.31. The Morgan fingerprint density at radius 1 is 1.23 bits per heavy atom. The molecule has 0 fully saturated rings. The van der Waals surface area contributed by atoms with Gasteiger partial charge in [0, 0.05) is 23.6 Å².